The van der Waals surface area contributed by atoms with Crippen LogP contribution in [0, 0.1) is 6.92 Å². The lowest BCUT2D eigenvalue weighted by Gasteiger charge is -2.05. The highest BCUT2D eigenvalue weighted by Gasteiger charge is 2.14. The number of aryl methyl sites for hydroxylation is 1. The maximum atomic E-state index is 11.0. The predicted molar refractivity (Wildman–Crippen MR) is 85.7 cm³/mol. The van der Waals surface area contributed by atoms with Gasteiger partial charge in [0.05, 0.1) is 5.69 Å². The van der Waals surface area contributed by atoms with Gasteiger partial charge in [-0.05, 0) is 17.7 Å². The highest BCUT2D eigenvalue weighted by atomic mass is 32.2. The molecule has 1 aromatic heterocycles. The van der Waals surface area contributed by atoms with Gasteiger partial charge in [0.2, 0.25) is 0 Å². The molecule has 0 saturated carbocycles. The summed E-state index contributed by atoms with van der Waals surface area (Å²) in [5.41, 5.74) is 2.83. The largest absolute Gasteiger partial charge is 0.477 e. The number of thioether (sulfide) groups is 1. The Morgan fingerprint density at radius 1 is 1.35 bits per heavy atom. The van der Waals surface area contributed by atoms with Crippen LogP contribution in [0.1, 0.15) is 34.8 Å². The van der Waals surface area contributed by atoms with E-state index in [1.54, 1.807) is 6.92 Å². The van der Waals surface area contributed by atoms with Gasteiger partial charge in [0, 0.05) is 11.3 Å². The molecule has 0 spiro atoms. The molecule has 0 amide bonds. The molecule has 20 heavy (non-hydrogen) atoms. The summed E-state index contributed by atoms with van der Waals surface area (Å²) in [6.07, 6.45) is 0. The van der Waals surface area contributed by atoms with Crippen molar-refractivity contribution in [3.63, 3.8) is 0 Å². The van der Waals surface area contributed by atoms with Crippen LogP contribution in [0.4, 0.5) is 0 Å². The van der Waals surface area contributed by atoms with Gasteiger partial charge in [-0.25, -0.2) is 9.78 Å². The van der Waals surface area contributed by atoms with Gasteiger partial charge in [-0.2, -0.15) is 11.8 Å². The van der Waals surface area contributed by atoms with Crippen LogP contribution in [0.3, 0.4) is 0 Å². The first kappa shape index (κ1) is 15.1. The fourth-order valence-electron chi connectivity index (χ4n) is 1.72. The van der Waals surface area contributed by atoms with Crippen molar-refractivity contribution < 1.29 is 9.90 Å². The fourth-order valence-corrected chi connectivity index (χ4v) is 3.35. The number of aromatic nitrogens is 1. The topological polar surface area (TPSA) is 50.2 Å². The Balaban J connectivity index is 2.17. The molecule has 1 N–H and O–H groups in total. The van der Waals surface area contributed by atoms with Crippen molar-refractivity contribution in [2.45, 2.75) is 31.8 Å². The molecule has 2 aromatic rings. The van der Waals surface area contributed by atoms with Gasteiger partial charge in [0.25, 0.3) is 0 Å². The van der Waals surface area contributed by atoms with Crippen LogP contribution in [0.25, 0.3) is 10.6 Å². The molecule has 0 saturated heterocycles. The molecule has 0 fully saturated rings. The van der Waals surface area contributed by atoms with E-state index in [2.05, 4.69) is 31.0 Å². The van der Waals surface area contributed by atoms with Crippen molar-refractivity contribution in [3.8, 4) is 10.6 Å². The van der Waals surface area contributed by atoms with E-state index in [0.717, 1.165) is 16.3 Å². The van der Waals surface area contributed by atoms with E-state index in [0.29, 0.717) is 15.8 Å². The number of hydrogen-bond acceptors (Lipinski definition) is 4. The third kappa shape index (κ3) is 3.61. The lowest BCUT2D eigenvalue weighted by Crippen LogP contribution is -1.94. The van der Waals surface area contributed by atoms with E-state index in [-0.39, 0.29) is 0 Å². The lowest BCUT2D eigenvalue weighted by atomic mass is 10.2. The van der Waals surface area contributed by atoms with Gasteiger partial charge in [0.15, 0.2) is 0 Å². The number of aromatic carboxylic acids is 1. The maximum Gasteiger partial charge on any atom is 0.347 e. The molecular formula is C15H17NO2S2. The Labute approximate surface area is 127 Å². The number of benzene rings is 1. The van der Waals surface area contributed by atoms with Gasteiger partial charge in [-0.3, -0.25) is 0 Å². The van der Waals surface area contributed by atoms with Crippen LogP contribution >= 0.6 is 23.1 Å². The summed E-state index contributed by atoms with van der Waals surface area (Å²) in [6, 6.07) is 8.20. The molecule has 0 aliphatic rings. The molecule has 5 heteroatoms. The second-order valence-corrected chi connectivity index (χ2v) is 7.36. The Morgan fingerprint density at radius 3 is 2.50 bits per heavy atom. The van der Waals surface area contributed by atoms with Crippen LogP contribution in [-0.4, -0.2) is 21.3 Å². The van der Waals surface area contributed by atoms with Crippen molar-refractivity contribution in [1.29, 1.82) is 0 Å². The molecule has 3 nitrogen and oxygen atoms in total. The molecule has 106 valence electrons. The third-order valence-corrected chi connectivity index (χ3v) is 5.14. The van der Waals surface area contributed by atoms with Crippen molar-refractivity contribution in [2.75, 3.05) is 0 Å². The molecule has 2 rings (SSSR count). The van der Waals surface area contributed by atoms with Crippen LogP contribution in [0.5, 0.6) is 0 Å². The Bertz CT molecular complexity index is 603. The van der Waals surface area contributed by atoms with Crippen molar-refractivity contribution in [2.24, 2.45) is 0 Å². The summed E-state index contributed by atoms with van der Waals surface area (Å²) in [5.74, 6) is 0.0890. The molecule has 1 heterocycles. The van der Waals surface area contributed by atoms with Crippen molar-refractivity contribution in [1.82, 2.24) is 4.98 Å². The van der Waals surface area contributed by atoms with E-state index < -0.39 is 5.97 Å². The maximum absolute atomic E-state index is 11.0. The zero-order valence-electron chi connectivity index (χ0n) is 11.7. The van der Waals surface area contributed by atoms with Crippen LogP contribution in [0.15, 0.2) is 24.3 Å². The minimum Gasteiger partial charge on any atom is -0.477 e. The molecule has 0 bridgehead atoms. The fraction of sp³-hybridized carbons (Fsp3) is 0.333. The van der Waals surface area contributed by atoms with Crippen molar-refractivity contribution in [3.05, 3.63) is 40.4 Å². The summed E-state index contributed by atoms with van der Waals surface area (Å²) in [6.45, 7) is 6.10. The summed E-state index contributed by atoms with van der Waals surface area (Å²) in [5, 5.41) is 10.4. The average molecular weight is 307 g/mol. The lowest BCUT2D eigenvalue weighted by molar-refractivity contribution is 0.0701. The number of rotatable bonds is 5. The Morgan fingerprint density at radius 2 is 2.00 bits per heavy atom. The first-order chi connectivity index (χ1) is 9.47. The van der Waals surface area contributed by atoms with Crippen LogP contribution in [0.2, 0.25) is 0 Å². The first-order valence-electron chi connectivity index (χ1n) is 6.39. The molecule has 0 aliphatic carbocycles. The van der Waals surface area contributed by atoms with E-state index in [9.17, 15) is 4.79 Å². The van der Waals surface area contributed by atoms with E-state index in [1.165, 1.54) is 16.9 Å². The standard InChI is InChI=1S/C15H17NO2S2/c1-9(2)19-8-11-4-6-12(7-5-11)14-16-10(3)13(20-14)15(17)18/h4-7,9H,8H2,1-3H3,(H,17,18). The molecule has 1 aromatic carbocycles. The summed E-state index contributed by atoms with van der Waals surface area (Å²) >= 11 is 3.13. The Kier molecular flexibility index (Phi) is 4.83. The number of carboxylic acids is 1. The minimum atomic E-state index is -0.906. The zero-order valence-corrected chi connectivity index (χ0v) is 13.3. The second kappa shape index (κ2) is 6.41. The third-order valence-electron chi connectivity index (χ3n) is 2.78. The van der Waals surface area contributed by atoms with Crippen LogP contribution in [-0.2, 0) is 5.75 Å². The quantitative estimate of drug-likeness (QED) is 0.886. The number of carbonyl (C=O) groups is 1. The summed E-state index contributed by atoms with van der Waals surface area (Å²) in [4.78, 5) is 15.7. The number of carboxylic acid groups (broad SMARTS) is 1. The van der Waals surface area contributed by atoms with Gasteiger partial charge in [-0.1, -0.05) is 38.1 Å². The first-order valence-corrected chi connectivity index (χ1v) is 8.25. The monoisotopic (exact) mass is 307 g/mol. The SMILES string of the molecule is Cc1nc(-c2ccc(CSC(C)C)cc2)sc1C(=O)O. The van der Waals surface area contributed by atoms with Gasteiger partial charge < -0.3 is 5.11 Å². The summed E-state index contributed by atoms with van der Waals surface area (Å²) in [7, 11) is 0. The second-order valence-electron chi connectivity index (χ2n) is 4.80. The van der Waals surface area contributed by atoms with Crippen molar-refractivity contribution >= 4 is 29.1 Å². The number of thiazole rings is 1. The minimum absolute atomic E-state index is 0.319. The Hall–Kier alpha value is -1.33. The highest BCUT2D eigenvalue weighted by molar-refractivity contribution is 7.99. The molecule has 0 atom stereocenters. The van der Waals surface area contributed by atoms with Gasteiger partial charge in [-0.15, -0.1) is 11.3 Å². The predicted octanol–water partition coefficient (Wildman–Crippen LogP) is 4.46. The normalized spacial score (nSPS) is 11.0. The zero-order chi connectivity index (χ0) is 14.7. The smallest absolute Gasteiger partial charge is 0.347 e. The summed E-state index contributed by atoms with van der Waals surface area (Å²) < 4.78 is 0. The number of hydrogen-bond donors (Lipinski definition) is 1. The molecule has 0 aliphatic heterocycles. The average Bonchev–Trinajstić information content (AvgIpc) is 2.79. The van der Waals surface area contributed by atoms with E-state index in [4.69, 9.17) is 5.11 Å². The molecule has 0 unspecified atom stereocenters. The van der Waals surface area contributed by atoms with Gasteiger partial charge in [0.1, 0.15) is 9.88 Å². The van der Waals surface area contributed by atoms with Crippen LogP contribution < -0.4 is 0 Å². The van der Waals surface area contributed by atoms with Gasteiger partial charge >= 0.3 is 5.97 Å². The molecular weight excluding hydrogens is 290 g/mol. The molecule has 0 radical (unpaired) electrons. The number of nitrogens with zero attached hydrogens (tertiary/aromatic N) is 1. The van der Waals surface area contributed by atoms with E-state index >= 15 is 0 Å². The highest BCUT2D eigenvalue weighted by Crippen LogP contribution is 2.28. The van der Waals surface area contributed by atoms with E-state index in [1.807, 2.05) is 23.9 Å².